The van der Waals surface area contributed by atoms with Crippen LogP contribution in [0.3, 0.4) is 0 Å². The van der Waals surface area contributed by atoms with Crippen LogP contribution >= 0.6 is 11.6 Å². The van der Waals surface area contributed by atoms with Gasteiger partial charge >= 0.3 is 0 Å². The second kappa shape index (κ2) is 9.80. The monoisotopic (exact) mass is 486 g/mol. The summed E-state index contributed by atoms with van der Waals surface area (Å²) in [7, 11) is 0. The van der Waals surface area contributed by atoms with Crippen molar-refractivity contribution < 1.29 is 19.4 Å². The van der Waals surface area contributed by atoms with Crippen LogP contribution < -0.4 is 10.1 Å². The molecule has 182 valence electrons. The maximum atomic E-state index is 13.3. The quantitative estimate of drug-likeness (QED) is 0.561. The number of halogens is 1. The minimum atomic E-state index is -0.928. The second-order valence-electron chi connectivity index (χ2n) is 10.0. The van der Waals surface area contributed by atoms with Gasteiger partial charge in [-0.2, -0.15) is 5.10 Å². The van der Waals surface area contributed by atoms with Gasteiger partial charge in [-0.05, 0) is 57.1 Å². The van der Waals surface area contributed by atoms with Gasteiger partial charge < -0.3 is 20.1 Å². The van der Waals surface area contributed by atoms with Gasteiger partial charge in [-0.25, -0.2) is 0 Å². The van der Waals surface area contributed by atoms with Crippen molar-refractivity contribution in [3.63, 3.8) is 0 Å². The number of carbonyl (C=O) groups excluding carboxylic acids is 2. The van der Waals surface area contributed by atoms with Crippen LogP contribution in [0.1, 0.15) is 40.0 Å². The zero-order chi connectivity index (χ0) is 24.5. The van der Waals surface area contributed by atoms with Gasteiger partial charge in [-0.1, -0.05) is 30.7 Å². The van der Waals surface area contributed by atoms with Crippen molar-refractivity contribution in [2.45, 2.75) is 58.2 Å². The smallest absolute Gasteiger partial charge is 0.251 e. The molecule has 2 aliphatic rings. The number of ether oxygens (including phenoxy) is 1. The van der Waals surface area contributed by atoms with Crippen LogP contribution in [0.4, 0.5) is 5.82 Å². The molecule has 0 unspecified atom stereocenters. The Morgan fingerprint density at radius 1 is 1.32 bits per heavy atom. The Labute approximate surface area is 204 Å². The van der Waals surface area contributed by atoms with Crippen molar-refractivity contribution in [3.8, 4) is 5.75 Å². The highest BCUT2D eigenvalue weighted by atomic mass is 35.5. The lowest BCUT2D eigenvalue weighted by atomic mass is 9.73. The van der Waals surface area contributed by atoms with Crippen molar-refractivity contribution in [1.82, 2.24) is 14.7 Å². The summed E-state index contributed by atoms with van der Waals surface area (Å²) >= 11 is 6.19. The summed E-state index contributed by atoms with van der Waals surface area (Å²) in [6, 6.07) is 8.10. The number of aliphatic hydroxyl groups is 1. The van der Waals surface area contributed by atoms with Crippen LogP contribution in [0.5, 0.6) is 5.75 Å². The number of amides is 2. The molecule has 2 heterocycles. The van der Waals surface area contributed by atoms with Gasteiger partial charge in [0, 0.05) is 18.3 Å². The normalized spacial score (nSPS) is 21.1. The van der Waals surface area contributed by atoms with Crippen LogP contribution in [0.15, 0.2) is 48.4 Å². The lowest BCUT2D eigenvalue weighted by molar-refractivity contribution is -0.134. The lowest BCUT2D eigenvalue weighted by Gasteiger charge is -2.37. The third-order valence-corrected chi connectivity index (χ3v) is 6.43. The Morgan fingerprint density at radius 2 is 2.06 bits per heavy atom. The van der Waals surface area contributed by atoms with Crippen molar-refractivity contribution in [3.05, 3.63) is 53.4 Å². The predicted octanol–water partition coefficient (Wildman–Crippen LogP) is 3.86. The molecule has 9 heteroatoms. The molecule has 2 N–H and O–H groups in total. The highest BCUT2D eigenvalue weighted by Crippen LogP contribution is 2.38. The number of rotatable bonds is 9. The average Bonchev–Trinajstić information content (AvgIpc) is 3.30. The topological polar surface area (TPSA) is 96.7 Å². The summed E-state index contributed by atoms with van der Waals surface area (Å²) in [4.78, 5) is 27.8. The van der Waals surface area contributed by atoms with Gasteiger partial charge in [0.2, 0.25) is 5.91 Å². The fourth-order valence-corrected chi connectivity index (χ4v) is 4.76. The predicted molar refractivity (Wildman–Crippen MR) is 129 cm³/mol. The number of carbonyl (C=O) groups is 2. The molecule has 0 bridgehead atoms. The molecule has 2 amide bonds. The standard InChI is InChI=1S/C25H31ClN4O4/c1-16-10-17(11-16)12-20(24(32)27-22-8-9-29(28-22)15-25(2,3)33)30-14-18(13-23(30)31)34-21-7-5-4-6-19(21)26/h4-9,13,16-17,20,33H,10-12,14-15H2,1-3H3,(H,27,28,32)/t16?,17?,20-/m1/s1. The van der Waals surface area contributed by atoms with Crippen molar-refractivity contribution in [2.24, 2.45) is 11.8 Å². The summed E-state index contributed by atoms with van der Waals surface area (Å²) in [5.41, 5.74) is -0.928. The Hall–Kier alpha value is -2.84. The summed E-state index contributed by atoms with van der Waals surface area (Å²) in [5, 5.41) is 17.7. The molecule has 0 spiro atoms. The molecule has 1 atom stereocenters. The molecule has 1 aliphatic heterocycles. The molecule has 1 fully saturated rings. The van der Waals surface area contributed by atoms with E-state index in [-0.39, 0.29) is 18.4 Å². The van der Waals surface area contributed by atoms with Crippen LogP contribution in [0.25, 0.3) is 0 Å². The van der Waals surface area contributed by atoms with Crippen LogP contribution in [0, 0.1) is 11.8 Å². The number of hydrogen-bond donors (Lipinski definition) is 2. The third kappa shape index (κ3) is 5.98. The maximum absolute atomic E-state index is 13.3. The molecule has 2 aromatic rings. The Bertz CT molecular complexity index is 1080. The summed E-state index contributed by atoms with van der Waals surface area (Å²) in [5.74, 6) is 1.78. The van der Waals surface area contributed by atoms with E-state index in [1.165, 1.54) is 6.08 Å². The third-order valence-electron chi connectivity index (χ3n) is 6.12. The molecule has 1 saturated carbocycles. The molecule has 8 nitrogen and oxygen atoms in total. The fourth-order valence-electron chi connectivity index (χ4n) is 4.58. The highest BCUT2D eigenvalue weighted by molar-refractivity contribution is 6.32. The van der Waals surface area contributed by atoms with Crippen molar-refractivity contribution in [2.75, 3.05) is 11.9 Å². The van der Waals surface area contributed by atoms with Gasteiger partial charge in [0.25, 0.3) is 5.91 Å². The minimum absolute atomic E-state index is 0.192. The fraction of sp³-hybridized carbons (Fsp3) is 0.480. The number of aromatic nitrogens is 2. The van der Waals surface area contributed by atoms with Crippen LogP contribution in [-0.4, -0.2) is 49.8 Å². The lowest BCUT2D eigenvalue weighted by Crippen LogP contribution is -2.47. The zero-order valence-corrected chi connectivity index (χ0v) is 20.5. The van der Waals surface area contributed by atoms with E-state index in [0.29, 0.717) is 47.2 Å². The van der Waals surface area contributed by atoms with E-state index in [1.54, 1.807) is 60.0 Å². The number of anilines is 1. The summed E-state index contributed by atoms with van der Waals surface area (Å²) in [6.07, 6.45) is 5.80. The van der Waals surface area contributed by atoms with Gasteiger partial charge in [0.1, 0.15) is 17.6 Å². The van der Waals surface area contributed by atoms with Gasteiger partial charge in [-0.15, -0.1) is 0 Å². The largest absolute Gasteiger partial charge is 0.458 e. The van der Waals surface area contributed by atoms with Gasteiger partial charge in [0.15, 0.2) is 5.82 Å². The number of nitrogens with zero attached hydrogens (tertiary/aromatic N) is 3. The molecule has 1 aliphatic carbocycles. The molecule has 34 heavy (non-hydrogen) atoms. The van der Waals surface area contributed by atoms with E-state index < -0.39 is 11.6 Å². The first kappa shape index (κ1) is 24.3. The number of nitrogens with one attached hydrogen (secondary N) is 1. The molecule has 1 aromatic heterocycles. The molecular weight excluding hydrogens is 456 g/mol. The van der Waals surface area contributed by atoms with E-state index >= 15 is 0 Å². The maximum Gasteiger partial charge on any atom is 0.251 e. The van der Waals surface area contributed by atoms with Gasteiger partial charge in [0.05, 0.1) is 23.7 Å². The van der Waals surface area contributed by atoms with E-state index in [2.05, 4.69) is 17.3 Å². The van der Waals surface area contributed by atoms with Crippen molar-refractivity contribution >= 4 is 29.2 Å². The minimum Gasteiger partial charge on any atom is -0.458 e. The average molecular weight is 487 g/mol. The highest BCUT2D eigenvalue weighted by Gasteiger charge is 2.38. The van der Waals surface area contributed by atoms with Crippen molar-refractivity contribution in [1.29, 1.82) is 0 Å². The van der Waals surface area contributed by atoms with Crippen LogP contribution in [-0.2, 0) is 16.1 Å². The van der Waals surface area contributed by atoms with Gasteiger partial charge in [-0.3, -0.25) is 14.3 Å². The van der Waals surface area contributed by atoms with E-state index in [0.717, 1.165) is 12.8 Å². The van der Waals surface area contributed by atoms with E-state index in [1.807, 2.05) is 0 Å². The number of hydrogen-bond acceptors (Lipinski definition) is 5. The first-order valence-corrected chi connectivity index (χ1v) is 12.0. The SMILES string of the molecule is CC1CC(C[C@H](C(=O)Nc2ccn(CC(C)(C)O)n2)N2CC(Oc3ccccc3Cl)=CC2=O)C1. The summed E-state index contributed by atoms with van der Waals surface area (Å²) < 4.78 is 7.44. The number of benzene rings is 1. The molecular formula is C25H31ClN4O4. The molecule has 0 radical (unpaired) electrons. The Morgan fingerprint density at radius 3 is 2.74 bits per heavy atom. The first-order valence-electron chi connectivity index (χ1n) is 11.6. The summed E-state index contributed by atoms with van der Waals surface area (Å²) in [6.45, 7) is 6.06. The Balaban J connectivity index is 1.46. The Kier molecular flexibility index (Phi) is 7.00. The van der Waals surface area contributed by atoms with E-state index in [4.69, 9.17) is 16.3 Å². The molecule has 0 saturated heterocycles. The van der Waals surface area contributed by atoms with Crippen LogP contribution in [0.2, 0.25) is 5.02 Å². The number of para-hydroxylation sites is 1. The molecule has 4 rings (SSSR count). The zero-order valence-electron chi connectivity index (χ0n) is 19.7. The van der Waals surface area contributed by atoms with E-state index in [9.17, 15) is 14.7 Å². The molecule has 1 aromatic carbocycles. The first-order chi connectivity index (χ1) is 16.1. The second-order valence-corrected chi connectivity index (χ2v) is 10.4.